The lowest BCUT2D eigenvalue weighted by Crippen LogP contribution is -2.20. The minimum atomic E-state index is -0.198. The molecule has 0 spiro atoms. The number of halogens is 1. The zero-order chi connectivity index (χ0) is 17.4. The van der Waals surface area contributed by atoms with Crippen LogP contribution in [-0.4, -0.2) is 17.5 Å². The highest BCUT2D eigenvalue weighted by atomic mass is 79.9. The van der Waals surface area contributed by atoms with Crippen molar-refractivity contribution in [1.29, 1.82) is 0 Å². The van der Waals surface area contributed by atoms with Crippen LogP contribution in [0.2, 0.25) is 0 Å². The fourth-order valence-electron chi connectivity index (χ4n) is 2.60. The molecule has 4 rings (SSSR count). The molecule has 0 aliphatic carbocycles. The van der Waals surface area contributed by atoms with E-state index < -0.39 is 0 Å². The van der Waals surface area contributed by atoms with Crippen LogP contribution in [0.15, 0.2) is 46.3 Å². The van der Waals surface area contributed by atoms with Crippen molar-refractivity contribution < 1.29 is 9.53 Å². The number of nitrogens with one attached hydrogen (secondary N) is 1. The molecule has 0 bridgehead atoms. The summed E-state index contributed by atoms with van der Waals surface area (Å²) in [5.74, 6) is 0.519. The van der Waals surface area contributed by atoms with Gasteiger partial charge in [0.2, 0.25) is 0 Å². The number of hydrogen-bond acceptors (Lipinski definition) is 5. The Bertz CT molecular complexity index is 1090. The van der Waals surface area contributed by atoms with Gasteiger partial charge in [-0.25, -0.2) is 4.98 Å². The zero-order valence-corrected chi connectivity index (χ0v) is 16.4. The normalized spacial score (nSPS) is 11.1. The monoisotopic (exact) mass is 432 g/mol. The van der Waals surface area contributed by atoms with Gasteiger partial charge in [-0.05, 0) is 46.4 Å². The van der Waals surface area contributed by atoms with Crippen molar-refractivity contribution in [2.45, 2.75) is 6.92 Å². The van der Waals surface area contributed by atoms with Crippen LogP contribution in [-0.2, 0) is 4.79 Å². The van der Waals surface area contributed by atoms with Crippen LogP contribution >= 0.6 is 38.6 Å². The summed E-state index contributed by atoms with van der Waals surface area (Å²) in [4.78, 5) is 16.8. The minimum Gasteiger partial charge on any atom is -0.483 e. The van der Waals surface area contributed by atoms with E-state index in [0.717, 1.165) is 41.2 Å². The van der Waals surface area contributed by atoms with Crippen molar-refractivity contribution in [2.75, 3.05) is 11.9 Å². The molecule has 4 aromatic rings. The van der Waals surface area contributed by atoms with Gasteiger partial charge >= 0.3 is 0 Å². The van der Waals surface area contributed by atoms with Gasteiger partial charge in [0.15, 0.2) is 6.61 Å². The van der Waals surface area contributed by atoms with Crippen molar-refractivity contribution in [3.63, 3.8) is 0 Å². The molecule has 7 heteroatoms. The van der Waals surface area contributed by atoms with Gasteiger partial charge in [-0.2, -0.15) is 0 Å². The second kappa shape index (κ2) is 6.74. The number of hydrogen-bond donors (Lipinski definition) is 1. The highest BCUT2D eigenvalue weighted by Crippen LogP contribution is 2.38. The number of anilines is 1. The van der Waals surface area contributed by atoms with E-state index in [9.17, 15) is 4.79 Å². The summed E-state index contributed by atoms with van der Waals surface area (Å²) in [6.45, 7) is 1.95. The van der Waals surface area contributed by atoms with Crippen LogP contribution in [0.4, 0.5) is 5.69 Å². The number of aryl methyl sites for hydroxylation is 1. The molecule has 0 radical (unpaired) electrons. The second-order valence-corrected chi connectivity index (χ2v) is 8.44. The highest BCUT2D eigenvalue weighted by Gasteiger charge is 2.14. The number of thiophene rings is 1. The number of fused-ring (bicyclic) bond motifs is 3. The number of thiazole rings is 1. The van der Waals surface area contributed by atoms with Gasteiger partial charge in [0.05, 0.1) is 25.6 Å². The third-order valence-electron chi connectivity index (χ3n) is 3.67. The molecule has 126 valence electrons. The molecular weight excluding hydrogens is 420 g/mol. The van der Waals surface area contributed by atoms with Gasteiger partial charge in [-0.3, -0.25) is 4.79 Å². The number of ether oxygens (including phenoxy) is 1. The second-order valence-electron chi connectivity index (χ2n) is 5.43. The number of para-hydroxylation sites is 1. The average Bonchev–Trinajstić information content (AvgIpc) is 3.20. The summed E-state index contributed by atoms with van der Waals surface area (Å²) < 4.78 is 8.84. The number of nitrogens with zero attached hydrogens (tertiary/aromatic N) is 1. The molecule has 2 heterocycles. The van der Waals surface area contributed by atoms with Crippen molar-refractivity contribution in [2.24, 2.45) is 0 Å². The number of amides is 1. The number of carbonyl (C=O) groups is 1. The molecule has 1 N–H and O–H groups in total. The molecule has 1 amide bonds. The van der Waals surface area contributed by atoms with Gasteiger partial charge < -0.3 is 10.1 Å². The van der Waals surface area contributed by atoms with E-state index in [1.165, 1.54) is 0 Å². The van der Waals surface area contributed by atoms with Crippen LogP contribution < -0.4 is 10.1 Å². The van der Waals surface area contributed by atoms with E-state index in [2.05, 4.69) is 26.2 Å². The van der Waals surface area contributed by atoms with E-state index in [-0.39, 0.29) is 12.5 Å². The Morgan fingerprint density at radius 1 is 1.32 bits per heavy atom. The smallest absolute Gasteiger partial charge is 0.262 e. The first-order chi connectivity index (χ1) is 12.1. The standard InChI is InChI=1S/C18H13BrN2O2S2/c1-10-20-17-15(25-10)8-14(11-6-7-24-18(11)17)23-9-16(22)21-13-5-3-2-4-12(13)19/h2-8H,9H2,1H3,(H,21,22). The lowest BCUT2D eigenvalue weighted by atomic mass is 10.2. The summed E-state index contributed by atoms with van der Waals surface area (Å²) in [5.41, 5.74) is 1.74. The first kappa shape index (κ1) is 16.5. The summed E-state index contributed by atoms with van der Waals surface area (Å²) >= 11 is 6.69. The Labute approximate surface area is 160 Å². The molecule has 0 aliphatic rings. The molecule has 2 aromatic heterocycles. The maximum absolute atomic E-state index is 12.2. The van der Waals surface area contributed by atoms with Crippen molar-refractivity contribution in [3.05, 3.63) is 51.3 Å². The SMILES string of the molecule is Cc1nc2c(cc(OCC(=O)Nc3ccccc3Br)c3ccsc32)s1. The molecule has 25 heavy (non-hydrogen) atoms. The zero-order valence-electron chi connectivity index (χ0n) is 13.2. The van der Waals surface area contributed by atoms with E-state index in [0.29, 0.717) is 0 Å². The summed E-state index contributed by atoms with van der Waals surface area (Å²) in [6, 6.07) is 11.5. The molecule has 0 saturated carbocycles. The number of carbonyl (C=O) groups excluding carboxylic acids is 1. The Balaban J connectivity index is 1.57. The van der Waals surface area contributed by atoms with E-state index in [1.54, 1.807) is 22.7 Å². The Morgan fingerprint density at radius 3 is 3.00 bits per heavy atom. The minimum absolute atomic E-state index is 0.0461. The third kappa shape index (κ3) is 3.27. The van der Waals surface area contributed by atoms with Crippen molar-refractivity contribution in [1.82, 2.24) is 4.98 Å². The lowest BCUT2D eigenvalue weighted by molar-refractivity contribution is -0.118. The van der Waals surface area contributed by atoms with Crippen molar-refractivity contribution in [3.8, 4) is 5.75 Å². The Kier molecular flexibility index (Phi) is 4.45. The fourth-order valence-corrected chi connectivity index (χ4v) is 4.82. The molecule has 0 saturated heterocycles. The van der Waals surface area contributed by atoms with Crippen LogP contribution in [0.5, 0.6) is 5.75 Å². The lowest BCUT2D eigenvalue weighted by Gasteiger charge is -2.10. The molecule has 0 aliphatic heterocycles. The predicted octanol–water partition coefficient (Wildman–Crippen LogP) is 5.60. The van der Waals surface area contributed by atoms with Gasteiger partial charge in [0.1, 0.15) is 5.75 Å². The first-order valence-electron chi connectivity index (χ1n) is 7.56. The van der Waals surface area contributed by atoms with Gasteiger partial charge in [-0.1, -0.05) is 12.1 Å². The van der Waals surface area contributed by atoms with Gasteiger partial charge in [-0.15, -0.1) is 22.7 Å². The van der Waals surface area contributed by atoms with Crippen LogP contribution in [0, 0.1) is 6.92 Å². The number of aromatic nitrogens is 1. The predicted molar refractivity (Wildman–Crippen MR) is 108 cm³/mol. The molecule has 0 unspecified atom stereocenters. The van der Waals surface area contributed by atoms with Crippen LogP contribution in [0.3, 0.4) is 0 Å². The number of rotatable bonds is 4. The van der Waals surface area contributed by atoms with Gasteiger partial charge in [0.25, 0.3) is 5.91 Å². The first-order valence-corrected chi connectivity index (χ1v) is 10.1. The summed E-state index contributed by atoms with van der Waals surface area (Å²) in [5, 5.41) is 6.88. The molecule has 0 fully saturated rings. The quantitative estimate of drug-likeness (QED) is 0.456. The maximum atomic E-state index is 12.2. The number of benzene rings is 2. The van der Waals surface area contributed by atoms with E-state index in [1.807, 2.05) is 48.7 Å². The fraction of sp³-hybridized carbons (Fsp3) is 0.111. The van der Waals surface area contributed by atoms with Crippen LogP contribution in [0.1, 0.15) is 5.01 Å². The topological polar surface area (TPSA) is 51.2 Å². The largest absolute Gasteiger partial charge is 0.483 e. The van der Waals surface area contributed by atoms with E-state index >= 15 is 0 Å². The molecule has 0 atom stereocenters. The molecular formula is C18H13BrN2O2S2. The average molecular weight is 433 g/mol. The van der Waals surface area contributed by atoms with Gasteiger partial charge in [0, 0.05) is 15.9 Å². The van der Waals surface area contributed by atoms with E-state index in [4.69, 9.17) is 4.74 Å². The maximum Gasteiger partial charge on any atom is 0.262 e. The third-order valence-corrected chi connectivity index (χ3v) is 6.21. The Morgan fingerprint density at radius 2 is 2.16 bits per heavy atom. The summed E-state index contributed by atoms with van der Waals surface area (Å²) in [6.07, 6.45) is 0. The Hall–Kier alpha value is -1.96. The highest BCUT2D eigenvalue weighted by molar-refractivity contribution is 9.10. The van der Waals surface area contributed by atoms with Crippen molar-refractivity contribution >= 4 is 70.5 Å². The molecule has 2 aromatic carbocycles. The van der Waals surface area contributed by atoms with Crippen LogP contribution in [0.25, 0.3) is 20.3 Å². The summed E-state index contributed by atoms with van der Waals surface area (Å²) in [7, 11) is 0. The molecule has 4 nitrogen and oxygen atoms in total.